The van der Waals surface area contributed by atoms with Gasteiger partial charge in [-0.1, -0.05) is 26.7 Å². The maximum absolute atomic E-state index is 13.2. The molecule has 0 spiro atoms. The normalized spacial score (nSPS) is 18.5. The highest BCUT2D eigenvalue weighted by Crippen LogP contribution is 2.80. The Balaban J connectivity index is 1.64. The van der Waals surface area contributed by atoms with Crippen LogP contribution in [-0.2, 0) is 0 Å². The Bertz CT molecular complexity index is 1300. The molecule has 5 rings (SSSR count). The van der Waals surface area contributed by atoms with Crippen LogP contribution in [0, 0.1) is 3.57 Å². The van der Waals surface area contributed by atoms with Crippen molar-refractivity contribution in [1.82, 2.24) is 0 Å². The van der Waals surface area contributed by atoms with Crippen LogP contribution in [0.1, 0.15) is 15.9 Å². The molecule has 0 aromatic heterocycles. The van der Waals surface area contributed by atoms with E-state index in [4.69, 9.17) is 4.74 Å². The van der Waals surface area contributed by atoms with Crippen molar-refractivity contribution in [3.05, 3.63) is 106 Å². The topological polar surface area (TPSA) is 26.3 Å². The maximum Gasteiger partial charge on any atom is 0.193 e. The van der Waals surface area contributed by atoms with Crippen LogP contribution in [0.3, 0.4) is 0 Å². The summed E-state index contributed by atoms with van der Waals surface area (Å²) in [7, 11) is 0.0697. The number of carbonyl (C=O) groups is 1. The largest absolute Gasteiger partial charge is 0.497 e. The summed E-state index contributed by atoms with van der Waals surface area (Å²) in [6, 6.07) is 30.6. The summed E-state index contributed by atoms with van der Waals surface area (Å²) in [6.07, 6.45) is 0. The van der Waals surface area contributed by atoms with Gasteiger partial charge in [-0.2, -0.15) is 0 Å². The van der Waals surface area contributed by atoms with Gasteiger partial charge in [0.15, 0.2) is 5.78 Å². The molecule has 1 atom stereocenters. The van der Waals surface area contributed by atoms with E-state index < -0.39 is 8.46 Å². The molecule has 0 amide bonds. The van der Waals surface area contributed by atoms with Crippen molar-refractivity contribution in [2.75, 3.05) is 7.11 Å². The van der Waals surface area contributed by atoms with Gasteiger partial charge in [-0.05, 0) is 121 Å². The number of rotatable bonds is 4. The van der Waals surface area contributed by atoms with E-state index in [2.05, 4.69) is 92.0 Å². The second-order valence-electron chi connectivity index (χ2n) is 7.26. The molecule has 0 N–H and O–H groups in total. The number of halogens is 2. The van der Waals surface area contributed by atoms with Gasteiger partial charge in [-0.15, -0.1) is 0 Å². The van der Waals surface area contributed by atoms with Crippen LogP contribution in [0.15, 0.2) is 106 Å². The third-order valence-corrected chi connectivity index (χ3v) is 12.3. The number of benzene rings is 4. The summed E-state index contributed by atoms with van der Waals surface area (Å²) in [5, 5.41) is 0. The van der Waals surface area contributed by atoms with Crippen molar-refractivity contribution in [3.8, 4) is 16.9 Å². The lowest BCUT2D eigenvalue weighted by Gasteiger charge is -2.31. The number of hydrogen-bond donors (Lipinski definition) is 0. The zero-order valence-electron chi connectivity index (χ0n) is 16.6. The number of methoxy groups -OCH3 is 1. The van der Waals surface area contributed by atoms with E-state index in [9.17, 15) is 4.79 Å². The monoisotopic (exact) mass is 600 g/mol. The molecule has 0 fully saturated rings. The number of ketones is 1. The summed E-state index contributed by atoms with van der Waals surface area (Å²) in [6.45, 7) is 0. The van der Waals surface area contributed by atoms with Crippen LogP contribution in [0.4, 0.5) is 0 Å². The van der Waals surface area contributed by atoms with Gasteiger partial charge in [0.2, 0.25) is 0 Å². The molecule has 1 aliphatic rings. The van der Waals surface area contributed by atoms with Crippen LogP contribution in [0.5, 0.6) is 5.75 Å². The van der Waals surface area contributed by atoms with Crippen molar-refractivity contribution < 1.29 is 9.53 Å². The van der Waals surface area contributed by atoms with Crippen LogP contribution in [0.2, 0.25) is 0 Å². The van der Waals surface area contributed by atoms with Gasteiger partial charge in [0.1, 0.15) is 5.75 Å². The number of hydrogen-bond acceptors (Lipinski definition) is 2. The van der Waals surface area contributed by atoms with Crippen molar-refractivity contribution in [3.63, 3.8) is 0 Å². The minimum atomic E-state index is -1.55. The molecule has 0 aliphatic carbocycles. The third-order valence-electron chi connectivity index (χ3n) is 5.52. The predicted octanol–water partition coefficient (Wildman–Crippen LogP) is 8.10. The first-order valence-electron chi connectivity index (χ1n) is 9.73. The van der Waals surface area contributed by atoms with Crippen LogP contribution >= 0.6 is 45.9 Å². The minimum Gasteiger partial charge on any atom is -0.497 e. The summed E-state index contributed by atoms with van der Waals surface area (Å²) < 4.78 is 6.42. The molecule has 1 aliphatic heterocycles. The molecule has 0 bridgehead atoms. The molecular formula is C26H18BrIO2S. The maximum atomic E-state index is 13.2. The van der Waals surface area contributed by atoms with Crippen LogP contribution < -0.4 is 4.74 Å². The number of ether oxygens (including phenoxy) is 1. The van der Waals surface area contributed by atoms with Gasteiger partial charge in [0, 0.05) is 29.4 Å². The van der Waals surface area contributed by atoms with E-state index in [0.717, 1.165) is 11.3 Å². The van der Waals surface area contributed by atoms with E-state index >= 15 is 0 Å². The van der Waals surface area contributed by atoms with Crippen LogP contribution in [-0.4, -0.2) is 12.9 Å². The second kappa shape index (κ2) is 8.11. The zero-order chi connectivity index (χ0) is 21.6. The fraction of sp³-hybridized carbons (Fsp3) is 0.0385. The molecule has 1 heterocycles. The van der Waals surface area contributed by atoms with Crippen molar-refractivity contribution in [2.24, 2.45) is 0 Å². The van der Waals surface area contributed by atoms with Gasteiger partial charge in [-0.25, -0.2) is 0 Å². The first-order valence-corrected chi connectivity index (χ1v) is 14.3. The molecule has 0 radical (unpaired) electrons. The minimum absolute atomic E-state index is 0.0132. The van der Waals surface area contributed by atoms with E-state index in [0.29, 0.717) is 11.1 Å². The van der Waals surface area contributed by atoms with Crippen molar-refractivity contribution in [2.45, 2.75) is 14.7 Å². The molecule has 2 nitrogen and oxygen atoms in total. The molecule has 5 heteroatoms. The van der Waals surface area contributed by atoms with E-state index in [1.165, 1.54) is 23.8 Å². The Hall–Kier alpha value is -2.09. The SMILES string of the molecule is COc1ccc(C(=O)c2ccc3c(c2)-c2ccccc2S3(Br)c2ccc(I)cc2)cc1. The smallest absolute Gasteiger partial charge is 0.193 e. The van der Waals surface area contributed by atoms with Crippen molar-refractivity contribution in [1.29, 1.82) is 0 Å². The molecule has 4 aromatic carbocycles. The highest BCUT2D eigenvalue weighted by molar-refractivity contribution is 14.1. The molecule has 0 saturated heterocycles. The molecule has 0 saturated carbocycles. The molecule has 154 valence electrons. The van der Waals surface area contributed by atoms with E-state index in [1.54, 1.807) is 7.11 Å². The highest BCUT2D eigenvalue weighted by atomic mass is 127. The second-order valence-corrected chi connectivity index (χ2v) is 13.8. The zero-order valence-corrected chi connectivity index (χ0v) is 21.2. The van der Waals surface area contributed by atoms with Crippen LogP contribution in [0.25, 0.3) is 11.1 Å². The Labute approximate surface area is 204 Å². The Morgan fingerprint density at radius 1 is 0.806 bits per heavy atom. The lowest BCUT2D eigenvalue weighted by Crippen LogP contribution is -2.02. The van der Waals surface area contributed by atoms with E-state index in [1.807, 2.05) is 36.4 Å². The Morgan fingerprint density at radius 2 is 1.45 bits per heavy atom. The predicted molar refractivity (Wildman–Crippen MR) is 139 cm³/mol. The first-order chi connectivity index (χ1) is 15.0. The Morgan fingerprint density at radius 3 is 2.16 bits per heavy atom. The van der Waals surface area contributed by atoms with E-state index in [-0.39, 0.29) is 5.78 Å². The average molecular weight is 601 g/mol. The fourth-order valence-electron chi connectivity index (χ4n) is 3.96. The molecule has 1 unspecified atom stereocenters. The third kappa shape index (κ3) is 3.43. The lowest BCUT2D eigenvalue weighted by molar-refractivity contribution is 0.103. The molecular weight excluding hydrogens is 583 g/mol. The number of fused-ring (bicyclic) bond motifs is 3. The first kappa shape index (κ1) is 20.8. The Kier molecular flexibility index (Phi) is 5.44. The summed E-state index contributed by atoms with van der Waals surface area (Å²) in [5.74, 6) is 0.754. The quantitative estimate of drug-likeness (QED) is 0.175. The lowest BCUT2D eigenvalue weighted by atomic mass is 9.98. The van der Waals surface area contributed by atoms with Gasteiger partial charge in [-0.3, -0.25) is 4.79 Å². The summed E-state index contributed by atoms with van der Waals surface area (Å²) in [5.41, 5.74) is 3.66. The molecule has 31 heavy (non-hydrogen) atoms. The number of carbonyl (C=O) groups excluding carboxylic acids is 1. The molecule has 4 aromatic rings. The van der Waals surface area contributed by atoms with Gasteiger partial charge in [0.05, 0.1) is 7.11 Å². The average Bonchev–Trinajstić information content (AvgIpc) is 3.08. The highest BCUT2D eigenvalue weighted by Gasteiger charge is 2.38. The summed E-state index contributed by atoms with van der Waals surface area (Å²) >= 11 is 6.52. The van der Waals surface area contributed by atoms with Gasteiger partial charge in [0.25, 0.3) is 0 Å². The summed E-state index contributed by atoms with van der Waals surface area (Å²) in [4.78, 5) is 17.0. The van der Waals surface area contributed by atoms with Gasteiger partial charge >= 0.3 is 0 Å². The van der Waals surface area contributed by atoms with Crippen molar-refractivity contribution >= 4 is 51.6 Å². The fourth-order valence-corrected chi connectivity index (χ4v) is 9.40. The standard InChI is InChI=1S/C26H18BrIO2S/c1-30-20-11-6-17(7-12-20)26(29)18-8-15-25-23(16-18)22-4-2-3-5-24(22)31(25,27)21-13-9-19(28)10-14-21/h2-16H,1H3. The van der Waals surface area contributed by atoms with Gasteiger partial charge < -0.3 is 4.74 Å².